The number of carbonyl (C=O) groups excluding carboxylic acids is 1. The van der Waals surface area contributed by atoms with E-state index >= 15 is 0 Å². The third-order valence-corrected chi connectivity index (χ3v) is 4.84. The van der Waals surface area contributed by atoms with Crippen molar-refractivity contribution in [3.8, 4) is 17.5 Å². The maximum atomic E-state index is 12.6. The molecule has 1 aromatic heterocycles. The number of hydrogen-bond donors (Lipinski definition) is 1. The van der Waals surface area contributed by atoms with Crippen molar-refractivity contribution in [2.45, 2.75) is 20.8 Å². The number of carbonyl (C=O) groups is 1. The smallest absolute Gasteiger partial charge is 0.266 e. The monoisotopic (exact) mass is 385 g/mol. The molecule has 1 heterocycles. The molecule has 0 spiro atoms. The van der Waals surface area contributed by atoms with E-state index in [9.17, 15) is 10.1 Å². The molecule has 0 aliphatic heterocycles. The molecular weight excluding hydrogens is 362 g/mol. The first kappa shape index (κ1) is 20.0. The molecule has 5 heteroatoms. The van der Waals surface area contributed by atoms with E-state index in [0.717, 1.165) is 28.2 Å². The van der Waals surface area contributed by atoms with Gasteiger partial charge in [0, 0.05) is 22.8 Å². The molecule has 0 unspecified atom stereocenters. The predicted molar refractivity (Wildman–Crippen MR) is 115 cm³/mol. The lowest BCUT2D eigenvalue weighted by molar-refractivity contribution is -0.112. The molecular formula is C24H23N3O2. The molecule has 29 heavy (non-hydrogen) atoms. The first-order valence-corrected chi connectivity index (χ1v) is 9.26. The van der Waals surface area contributed by atoms with Crippen LogP contribution in [0.4, 0.5) is 5.69 Å². The molecule has 0 saturated carbocycles. The molecule has 3 rings (SSSR count). The Morgan fingerprint density at radius 1 is 1.10 bits per heavy atom. The minimum atomic E-state index is -0.446. The molecule has 0 aliphatic carbocycles. The highest BCUT2D eigenvalue weighted by molar-refractivity contribution is 6.09. The minimum absolute atomic E-state index is 0.0471. The van der Waals surface area contributed by atoms with Gasteiger partial charge < -0.3 is 14.6 Å². The molecule has 2 aromatic carbocycles. The third-order valence-electron chi connectivity index (χ3n) is 4.84. The van der Waals surface area contributed by atoms with E-state index in [-0.39, 0.29) is 5.57 Å². The topological polar surface area (TPSA) is 67.0 Å². The summed E-state index contributed by atoms with van der Waals surface area (Å²) in [4.78, 5) is 12.6. The zero-order valence-corrected chi connectivity index (χ0v) is 17.0. The van der Waals surface area contributed by atoms with Crippen LogP contribution in [-0.4, -0.2) is 17.6 Å². The Morgan fingerprint density at radius 3 is 2.41 bits per heavy atom. The van der Waals surface area contributed by atoms with E-state index in [1.165, 1.54) is 0 Å². The van der Waals surface area contributed by atoms with Crippen LogP contribution in [0.15, 0.2) is 60.2 Å². The number of nitrogens with one attached hydrogen (secondary N) is 1. The Morgan fingerprint density at radius 2 is 1.79 bits per heavy atom. The highest BCUT2D eigenvalue weighted by atomic mass is 16.5. The van der Waals surface area contributed by atoms with Crippen LogP contribution in [0, 0.1) is 32.1 Å². The lowest BCUT2D eigenvalue weighted by Gasteiger charge is -2.12. The second-order valence-corrected chi connectivity index (χ2v) is 6.80. The standard InChI is InChI=1S/C24H23N3O2/c1-16-7-5-6-8-23(16)27-17(2)13-19(18(27)3)14-20(15-25)24(28)26-21-9-11-22(29-4)12-10-21/h5-14H,1-4H3,(H,26,28). The summed E-state index contributed by atoms with van der Waals surface area (Å²) in [6.45, 7) is 6.06. The second kappa shape index (κ2) is 8.49. The zero-order chi connectivity index (χ0) is 21.0. The Balaban J connectivity index is 1.91. The van der Waals surface area contributed by atoms with E-state index in [4.69, 9.17) is 4.74 Å². The fourth-order valence-corrected chi connectivity index (χ4v) is 3.30. The van der Waals surface area contributed by atoms with Gasteiger partial charge in [-0.3, -0.25) is 4.79 Å². The number of methoxy groups -OCH3 is 1. The number of benzene rings is 2. The van der Waals surface area contributed by atoms with Gasteiger partial charge in [0.25, 0.3) is 5.91 Å². The SMILES string of the molecule is COc1ccc(NC(=O)C(C#N)=Cc2cc(C)n(-c3ccccc3C)c2C)cc1. The summed E-state index contributed by atoms with van der Waals surface area (Å²) >= 11 is 0. The van der Waals surface area contributed by atoms with Crippen LogP contribution in [-0.2, 0) is 4.79 Å². The van der Waals surface area contributed by atoms with Crippen LogP contribution in [0.1, 0.15) is 22.5 Å². The number of anilines is 1. The number of aryl methyl sites for hydroxylation is 2. The normalized spacial score (nSPS) is 11.1. The van der Waals surface area contributed by atoms with Crippen molar-refractivity contribution in [3.63, 3.8) is 0 Å². The molecule has 1 amide bonds. The summed E-state index contributed by atoms with van der Waals surface area (Å²) in [6.07, 6.45) is 1.63. The second-order valence-electron chi connectivity index (χ2n) is 6.80. The lowest BCUT2D eigenvalue weighted by Crippen LogP contribution is -2.13. The van der Waals surface area contributed by atoms with Crippen molar-refractivity contribution >= 4 is 17.7 Å². The fraction of sp³-hybridized carbons (Fsp3) is 0.167. The highest BCUT2D eigenvalue weighted by Gasteiger charge is 2.14. The summed E-state index contributed by atoms with van der Waals surface area (Å²) in [5.74, 6) is 0.251. The number of ether oxygens (including phenoxy) is 1. The van der Waals surface area contributed by atoms with Crippen LogP contribution < -0.4 is 10.1 Å². The van der Waals surface area contributed by atoms with Crippen LogP contribution >= 0.6 is 0 Å². The summed E-state index contributed by atoms with van der Waals surface area (Å²) in [5, 5.41) is 12.3. The van der Waals surface area contributed by atoms with E-state index in [1.807, 2.05) is 38.1 Å². The molecule has 0 bridgehead atoms. The molecule has 1 N–H and O–H groups in total. The van der Waals surface area contributed by atoms with Gasteiger partial charge in [0.05, 0.1) is 7.11 Å². The number of aromatic nitrogens is 1. The zero-order valence-electron chi connectivity index (χ0n) is 17.0. The molecule has 0 fully saturated rings. The van der Waals surface area contributed by atoms with Crippen molar-refractivity contribution < 1.29 is 9.53 Å². The van der Waals surface area contributed by atoms with Gasteiger partial charge in [-0.15, -0.1) is 0 Å². The molecule has 3 aromatic rings. The first-order chi connectivity index (χ1) is 13.9. The Hall–Kier alpha value is -3.78. The molecule has 0 atom stereocenters. The number of rotatable bonds is 5. The van der Waals surface area contributed by atoms with Crippen molar-refractivity contribution in [2.75, 3.05) is 12.4 Å². The lowest BCUT2D eigenvalue weighted by atomic mass is 10.1. The van der Waals surface area contributed by atoms with E-state index in [2.05, 4.69) is 28.9 Å². The summed E-state index contributed by atoms with van der Waals surface area (Å²) in [7, 11) is 1.58. The molecule has 0 aliphatic rings. The quantitative estimate of drug-likeness (QED) is 0.499. The number of para-hydroxylation sites is 1. The third kappa shape index (κ3) is 4.22. The summed E-state index contributed by atoms with van der Waals surface area (Å²) in [5.41, 5.74) is 5.74. The summed E-state index contributed by atoms with van der Waals surface area (Å²) in [6, 6.07) is 19.1. The van der Waals surface area contributed by atoms with Crippen LogP contribution in [0.2, 0.25) is 0 Å². The average molecular weight is 385 g/mol. The van der Waals surface area contributed by atoms with Gasteiger partial charge in [-0.1, -0.05) is 18.2 Å². The van der Waals surface area contributed by atoms with E-state index < -0.39 is 5.91 Å². The number of amides is 1. The van der Waals surface area contributed by atoms with Crippen LogP contribution in [0.3, 0.4) is 0 Å². The van der Waals surface area contributed by atoms with Crippen molar-refractivity contribution in [3.05, 3.63) is 82.7 Å². The van der Waals surface area contributed by atoms with E-state index in [1.54, 1.807) is 37.5 Å². The van der Waals surface area contributed by atoms with Gasteiger partial charge in [0.15, 0.2) is 0 Å². The first-order valence-electron chi connectivity index (χ1n) is 9.26. The van der Waals surface area contributed by atoms with Gasteiger partial charge in [-0.2, -0.15) is 5.26 Å². The van der Waals surface area contributed by atoms with Crippen molar-refractivity contribution in [1.29, 1.82) is 5.26 Å². The van der Waals surface area contributed by atoms with Gasteiger partial charge >= 0.3 is 0 Å². The van der Waals surface area contributed by atoms with E-state index in [0.29, 0.717) is 11.4 Å². The molecule has 146 valence electrons. The van der Waals surface area contributed by atoms with Crippen LogP contribution in [0.25, 0.3) is 11.8 Å². The maximum Gasteiger partial charge on any atom is 0.266 e. The largest absolute Gasteiger partial charge is 0.497 e. The minimum Gasteiger partial charge on any atom is -0.497 e. The Kier molecular flexibility index (Phi) is 5.85. The van der Waals surface area contributed by atoms with Crippen LogP contribution in [0.5, 0.6) is 5.75 Å². The predicted octanol–water partition coefficient (Wildman–Crippen LogP) is 4.96. The number of nitrogens with zero attached hydrogens (tertiary/aromatic N) is 2. The fourth-order valence-electron chi connectivity index (χ4n) is 3.30. The van der Waals surface area contributed by atoms with Gasteiger partial charge in [0.2, 0.25) is 0 Å². The van der Waals surface area contributed by atoms with Crippen molar-refractivity contribution in [1.82, 2.24) is 4.57 Å². The molecule has 5 nitrogen and oxygen atoms in total. The summed E-state index contributed by atoms with van der Waals surface area (Å²) < 4.78 is 7.25. The maximum absolute atomic E-state index is 12.6. The molecule has 0 radical (unpaired) electrons. The van der Waals surface area contributed by atoms with Gasteiger partial charge in [-0.05, 0) is 74.4 Å². The van der Waals surface area contributed by atoms with Gasteiger partial charge in [-0.25, -0.2) is 0 Å². The average Bonchev–Trinajstić information content (AvgIpc) is 3.00. The molecule has 0 saturated heterocycles. The van der Waals surface area contributed by atoms with Crippen molar-refractivity contribution in [2.24, 2.45) is 0 Å². The Labute approximate surface area is 170 Å². The number of nitriles is 1. The Bertz CT molecular complexity index is 1120. The highest BCUT2D eigenvalue weighted by Crippen LogP contribution is 2.25. The van der Waals surface area contributed by atoms with Gasteiger partial charge in [0.1, 0.15) is 17.4 Å². The number of hydrogen-bond acceptors (Lipinski definition) is 3.